The summed E-state index contributed by atoms with van der Waals surface area (Å²) in [5.41, 5.74) is 4.70. The lowest BCUT2D eigenvalue weighted by molar-refractivity contribution is -0.125. The van der Waals surface area contributed by atoms with Gasteiger partial charge in [-0.2, -0.15) is 9.40 Å². The van der Waals surface area contributed by atoms with Gasteiger partial charge in [0.05, 0.1) is 16.3 Å². The van der Waals surface area contributed by atoms with Crippen molar-refractivity contribution in [2.24, 2.45) is 0 Å². The van der Waals surface area contributed by atoms with Gasteiger partial charge in [0.15, 0.2) is 0 Å². The van der Waals surface area contributed by atoms with Crippen LogP contribution in [0.5, 0.6) is 0 Å². The van der Waals surface area contributed by atoms with Gasteiger partial charge >= 0.3 is 0 Å². The van der Waals surface area contributed by atoms with Gasteiger partial charge in [0, 0.05) is 43.5 Å². The molecule has 1 aromatic heterocycles. The van der Waals surface area contributed by atoms with E-state index in [1.165, 1.54) is 4.31 Å². The molecule has 7 nitrogen and oxygen atoms in total. The van der Waals surface area contributed by atoms with Gasteiger partial charge in [0.25, 0.3) is 0 Å². The third-order valence-electron chi connectivity index (χ3n) is 6.17. The molecule has 0 radical (unpaired) electrons. The SMILES string of the molecule is Cc1ccc(S(=O)(=O)N2CCCN(C(=O)C=Cc3c(C)nn(-c4ccccc4)c3C)CC2)cc1. The molecule has 34 heavy (non-hydrogen) atoms. The molecule has 1 saturated heterocycles. The highest BCUT2D eigenvalue weighted by Gasteiger charge is 2.27. The fourth-order valence-electron chi connectivity index (χ4n) is 4.19. The number of aromatic nitrogens is 2. The minimum atomic E-state index is -3.58. The van der Waals surface area contributed by atoms with Crippen LogP contribution < -0.4 is 0 Å². The molecule has 1 fully saturated rings. The van der Waals surface area contributed by atoms with E-state index in [0.29, 0.717) is 31.0 Å². The number of hydrogen-bond donors (Lipinski definition) is 0. The molecule has 4 rings (SSSR count). The summed E-state index contributed by atoms with van der Waals surface area (Å²) in [5, 5.41) is 4.62. The number of rotatable bonds is 5. The average Bonchev–Trinajstić information content (AvgIpc) is 2.99. The monoisotopic (exact) mass is 478 g/mol. The molecule has 1 aliphatic rings. The lowest BCUT2D eigenvalue weighted by Crippen LogP contribution is -2.36. The average molecular weight is 479 g/mol. The predicted molar refractivity (Wildman–Crippen MR) is 133 cm³/mol. The molecule has 2 heterocycles. The third-order valence-corrected chi connectivity index (χ3v) is 8.08. The highest BCUT2D eigenvalue weighted by Crippen LogP contribution is 2.21. The highest BCUT2D eigenvalue weighted by molar-refractivity contribution is 7.89. The van der Waals surface area contributed by atoms with Crippen LogP contribution in [-0.2, 0) is 14.8 Å². The Morgan fingerprint density at radius 3 is 2.32 bits per heavy atom. The third kappa shape index (κ3) is 4.98. The smallest absolute Gasteiger partial charge is 0.246 e. The van der Waals surface area contributed by atoms with Gasteiger partial charge in [0.2, 0.25) is 15.9 Å². The van der Waals surface area contributed by atoms with Crippen LogP contribution >= 0.6 is 0 Å². The molecule has 0 spiro atoms. The van der Waals surface area contributed by atoms with Crippen LogP contribution in [0.2, 0.25) is 0 Å². The van der Waals surface area contributed by atoms with Gasteiger partial charge in [-0.1, -0.05) is 35.9 Å². The Kier molecular flexibility index (Phi) is 7.00. The second-order valence-corrected chi connectivity index (χ2v) is 10.5. The maximum Gasteiger partial charge on any atom is 0.246 e. The van der Waals surface area contributed by atoms with Gasteiger partial charge in [-0.05, 0) is 57.5 Å². The Hall–Kier alpha value is -3.23. The summed E-state index contributed by atoms with van der Waals surface area (Å²) in [4.78, 5) is 14.9. The van der Waals surface area contributed by atoms with Crippen LogP contribution in [0.15, 0.2) is 65.6 Å². The molecule has 8 heteroatoms. The largest absolute Gasteiger partial charge is 0.338 e. The van der Waals surface area contributed by atoms with E-state index in [4.69, 9.17) is 0 Å². The number of sulfonamides is 1. The summed E-state index contributed by atoms with van der Waals surface area (Å²) in [6, 6.07) is 16.8. The molecule has 1 aliphatic heterocycles. The predicted octanol–water partition coefficient (Wildman–Crippen LogP) is 3.73. The molecular weight excluding hydrogens is 448 g/mol. The summed E-state index contributed by atoms with van der Waals surface area (Å²) < 4.78 is 29.4. The zero-order valence-electron chi connectivity index (χ0n) is 19.8. The minimum absolute atomic E-state index is 0.124. The standard InChI is InChI=1S/C26H30N4O3S/c1-20-10-12-24(13-11-20)34(32,33)29-17-7-16-28(18-19-29)26(31)15-14-25-21(2)27-30(22(25)3)23-8-5-4-6-9-23/h4-6,8-15H,7,16-19H2,1-3H3. The number of carbonyl (C=O) groups is 1. The Balaban J connectivity index is 1.45. The summed E-state index contributed by atoms with van der Waals surface area (Å²) in [6.45, 7) is 7.38. The van der Waals surface area contributed by atoms with Crippen molar-refractivity contribution in [1.82, 2.24) is 19.0 Å². The minimum Gasteiger partial charge on any atom is -0.338 e. The normalized spacial score (nSPS) is 15.6. The fourth-order valence-corrected chi connectivity index (χ4v) is 5.66. The first kappa shape index (κ1) is 23.9. The summed E-state index contributed by atoms with van der Waals surface area (Å²) in [7, 11) is -3.58. The molecular formula is C26H30N4O3S. The lowest BCUT2D eigenvalue weighted by atomic mass is 10.1. The topological polar surface area (TPSA) is 75.5 Å². The molecule has 0 aliphatic carbocycles. The summed E-state index contributed by atoms with van der Waals surface area (Å²) >= 11 is 0. The van der Waals surface area contributed by atoms with E-state index in [-0.39, 0.29) is 12.5 Å². The molecule has 0 bridgehead atoms. The number of para-hydroxylation sites is 1. The van der Waals surface area contributed by atoms with Crippen molar-refractivity contribution in [2.75, 3.05) is 26.2 Å². The lowest BCUT2D eigenvalue weighted by Gasteiger charge is -2.21. The van der Waals surface area contributed by atoms with Gasteiger partial charge < -0.3 is 4.90 Å². The van der Waals surface area contributed by atoms with Crippen LogP contribution in [0.4, 0.5) is 0 Å². The molecule has 2 aromatic carbocycles. The number of carbonyl (C=O) groups excluding carboxylic acids is 1. The maximum absolute atomic E-state index is 13.0. The fraction of sp³-hybridized carbons (Fsp3) is 0.308. The van der Waals surface area contributed by atoms with Crippen molar-refractivity contribution in [1.29, 1.82) is 0 Å². The summed E-state index contributed by atoms with van der Waals surface area (Å²) in [5.74, 6) is -0.124. The van der Waals surface area contributed by atoms with Crippen molar-refractivity contribution in [3.05, 3.63) is 83.2 Å². The van der Waals surface area contributed by atoms with E-state index in [1.54, 1.807) is 35.2 Å². The first-order chi connectivity index (χ1) is 16.3. The Labute approximate surface area is 201 Å². The van der Waals surface area contributed by atoms with Crippen molar-refractivity contribution < 1.29 is 13.2 Å². The molecule has 178 valence electrons. The first-order valence-corrected chi connectivity index (χ1v) is 12.9. The van der Waals surface area contributed by atoms with Crippen LogP contribution in [-0.4, -0.2) is 59.5 Å². The second kappa shape index (κ2) is 9.95. The second-order valence-electron chi connectivity index (χ2n) is 8.56. The van der Waals surface area contributed by atoms with E-state index < -0.39 is 10.0 Å². The van der Waals surface area contributed by atoms with E-state index >= 15 is 0 Å². The zero-order chi connectivity index (χ0) is 24.3. The Morgan fingerprint density at radius 1 is 0.912 bits per heavy atom. The van der Waals surface area contributed by atoms with E-state index in [2.05, 4.69) is 5.10 Å². The molecule has 0 N–H and O–H groups in total. The summed E-state index contributed by atoms with van der Waals surface area (Å²) in [6.07, 6.45) is 3.97. The van der Waals surface area contributed by atoms with Crippen LogP contribution in [0.3, 0.4) is 0 Å². The molecule has 1 amide bonds. The van der Waals surface area contributed by atoms with Crippen molar-refractivity contribution in [3.8, 4) is 5.69 Å². The van der Waals surface area contributed by atoms with E-state index in [9.17, 15) is 13.2 Å². The van der Waals surface area contributed by atoms with Crippen LogP contribution in [0, 0.1) is 20.8 Å². The van der Waals surface area contributed by atoms with Crippen LogP contribution in [0.1, 0.15) is 28.9 Å². The Morgan fingerprint density at radius 2 is 1.62 bits per heavy atom. The van der Waals surface area contributed by atoms with E-state index in [0.717, 1.165) is 28.2 Å². The number of amides is 1. The first-order valence-electron chi connectivity index (χ1n) is 11.4. The van der Waals surface area contributed by atoms with Gasteiger partial charge in [-0.25, -0.2) is 13.1 Å². The number of benzene rings is 2. The van der Waals surface area contributed by atoms with Crippen molar-refractivity contribution >= 4 is 22.0 Å². The molecule has 0 saturated carbocycles. The van der Waals surface area contributed by atoms with Gasteiger partial charge in [-0.3, -0.25) is 4.79 Å². The molecule has 0 atom stereocenters. The Bertz CT molecular complexity index is 1300. The molecule has 3 aromatic rings. The van der Waals surface area contributed by atoms with Crippen molar-refractivity contribution in [2.45, 2.75) is 32.1 Å². The van der Waals surface area contributed by atoms with Gasteiger partial charge in [-0.15, -0.1) is 0 Å². The zero-order valence-corrected chi connectivity index (χ0v) is 20.6. The number of hydrogen-bond acceptors (Lipinski definition) is 4. The highest BCUT2D eigenvalue weighted by atomic mass is 32.2. The van der Waals surface area contributed by atoms with E-state index in [1.807, 2.05) is 61.9 Å². The van der Waals surface area contributed by atoms with Gasteiger partial charge in [0.1, 0.15) is 0 Å². The maximum atomic E-state index is 13.0. The number of nitrogens with zero attached hydrogens (tertiary/aromatic N) is 4. The molecule has 0 unspecified atom stereocenters. The number of aryl methyl sites for hydroxylation is 2. The van der Waals surface area contributed by atoms with Crippen molar-refractivity contribution in [3.63, 3.8) is 0 Å². The van der Waals surface area contributed by atoms with Crippen LogP contribution in [0.25, 0.3) is 11.8 Å². The quantitative estimate of drug-likeness (QED) is 0.524.